The summed E-state index contributed by atoms with van der Waals surface area (Å²) in [7, 11) is 0. The number of hydrogen-bond acceptors (Lipinski definition) is 5. The first kappa shape index (κ1) is 19.7. The van der Waals surface area contributed by atoms with E-state index in [4.69, 9.17) is 9.97 Å². The van der Waals surface area contributed by atoms with Crippen LogP contribution in [0.2, 0.25) is 0 Å². The maximum atomic E-state index is 13.2. The minimum absolute atomic E-state index is 0. The molecule has 150 valence electrons. The van der Waals surface area contributed by atoms with Crippen molar-refractivity contribution in [3.05, 3.63) is 63.2 Å². The highest BCUT2D eigenvalue weighted by atomic mass is 35.5. The zero-order valence-corrected chi connectivity index (χ0v) is 17.7. The third kappa shape index (κ3) is 3.45. The predicted octanol–water partition coefficient (Wildman–Crippen LogP) is 4.14. The van der Waals surface area contributed by atoms with Crippen LogP contribution in [-0.2, 0) is 19.5 Å². The van der Waals surface area contributed by atoms with Crippen molar-refractivity contribution in [1.82, 2.24) is 19.1 Å². The largest absolute Gasteiger partial charge is 0.365 e. The molecule has 29 heavy (non-hydrogen) atoms. The molecule has 1 aromatic heterocycles. The number of fused-ring (bicyclic) bond motifs is 3. The smallest absolute Gasteiger partial charge is 0.331 e. The maximum Gasteiger partial charge on any atom is 0.331 e. The van der Waals surface area contributed by atoms with Crippen molar-refractivity contribution in [2.24, 2.45) is 0 Å². The van der Waals surface area contributed by atoms with Gasteiger partial charge in [-0.15, -0.1) is 12.4 Å². The van der Waals surface area contributed by atoms with Crippen LogP contribution in [0, 0.1) is 0 Å². The van der Waals surface area contributed by atoms with Crippen molar-refractivity contribution in [3.8, 4) is 22.9 Å². The molecule has 0 radical (unpaired) electrons. The van der Waals surface area contributed by atoms with Gasteiger partial charge >= 0.3 is 5.69 Å². The Balaban J connectivity index is 0.00000205. The number of imidazole rings is 1. The molecule has 0 spiro atoms. The number of nitrogens with one attached hydrogen (secondary N) is 1. The lowest BCUT2D eigenvalue weighted by atomic mass is 10.1. The quantitative estimate of drug-likeness (QED) is 0.519. The second-order valence-corrected chi connectivity index (χ2v) is 7.94. The second-order valence-electron chi connectivity index (χ2n) is 7.16. The molecule has 2 aromatic rings. The Morgan fingerprint density at radius 1 is 1.21 bits per heavy atom. The van der Waals surface area contributed by atoms with E-state index in [-0.39, 0.29) is 24.1 Å². The highest BCUT2D eigenvalue weighted by molar-refractivity contribution is 7.08. The number of benzene rings is 1. The van der Waals surface area contributed by atoms with E-state index in [9.17, 15) is 4.79 Å². The molecule has 5 rings (SSSR count). The molecule has 0 aliphatic carbocycles. The average molecular weight is 428 g/mol. The van der Waals surface area contributed by atoms with Gasteiger partial charge in [0.1, 0.15) is 11.5 Å². The molecule has 0 saturated carbocycles. The van der Waals surface area contributed by atoms with Gasteiger partial charge in [-0.3, -0.25) is 9.13 Å². The molecule has 1 aromatic carbocycles. The summed E-state index contributed by atoms with van der Waals surface area (Å²) in [5.74, 6) is 2.15. The third-order valence-electron chi connectivity index (χ3n) is 5.15. The Bertz CT molecular complexity index is 1140. The van der Waals surface area contributed by atoms with Crippen LogP contribution in [0.4, 0.5) is 5.82 Å². The van der Waals surface area contributed by atoms with Crippen LogP contribution in [-0.4, -0.2) is 25.1 Å². The van der Waals surface area contributed by atoms with Crippen molar-refractivity contribution < 1.29 is 0 Å². The molecule has 0 saturated heterocycles. The molecule has 0 fully saturated rings. The molecule has 3 aliphatic rings. The number of hydrogen-bond donors (Lipinski definition) is 1. The summed E-state index contributed by atoms with van der Waals surface area (Å²) in [5, 5.41) is 7.60. The van der Waals surface area contributed by atoms with E-state index in [2.05, 4.69) is 24.4 Å². The fraction of sp³-hybridized carbons (Fsp3) is 0.286. The number of nitrogens with zero attached hydrogens (tertiary/aromatic N) is 4. The van der Waals surface area contributed by atoms with Crippen molar-refractivity contribution in [2.45, 2.75) is 38.9 Å². The van der Waals surface area contributed by atoms with E-state index >= 15 is 0 Å². The Kier molecular flexibility index (Phi) is 5.43. The standard InChI is InChI=1S/C21H21N5OS.ClH/c1-2-9-25-20-17(23-18(24-20)15-8-10-28-13-15)19-22-16(12-26(19)21(25)27)11-14-6-4-3-5-7-14;/h3-8,10,13,16,22H,2,9,11-12H2,1H3;1H/t16-;/m1./s1. The fourth-order valence-electron chi connectivity index (χ4n) is 3.88. The van der Waals surface area contributed by atoms with Gasteiger partial charge in [0.05, 0.1) is 0 Å². The highest BCUT2D eigenvalue weighted by Crippen LogP contribution is 2.33. The lowest BCUT2D eigenvalue weighted by Gasteiger charge is -2.13. The summed E-state index contributed by atoms with van der Waals surface area (Å²) in [6, 6.07) is 12.5. The molecule has 4 heterocycles. The zero-order valence-electron chi connectivity index (χ0n) is 16.0. The van der Waals surface area contributed by atoms with Gasteiger partial charge in [-0.25, -0.2) is 14.8 Å². The van der Waals surface area contributed by atoms with Crippen LogP contribution in [0.15, 0.2) is 52.0 Å². The summed E-state index contributed by atoms with van der Waals surface area (Å²) < 4.78 is 3.60. The average Bonchev–Trinajstić information content (AvgIpc) is 3.44. The normalized spacial score (nSPS) is 15.1. The van der Waals surface area contributed by atoms with E-state index in [0.717, 1.165) is 29.9 Å². The summed E-state index contributed by atoms with van der Waals surface area (Å²) in [6.45, 7) is 3.35. The van der Waals surface area contributed by atoms with E-state index in [1.54, 1.807) is 15.9 Å². The van der Waals surface area contributed by atoms with Gasteiger partial charge in [-0.05, 0) is 29.9 Å². The molecule has 1 N–H and O–H groups in total. The minimum Gasteiger partial charge on any atom is -0.365 e. The van der Waals surface area contributed by atoms with Crippen molar-refractivity contribution in [2.75, 3.05) is 5.32 Å². The van der Waals surface area contributed by atoms with E-state index < -0.39 is 0 Å². The van der Waals surface area contributed by atoms with Crippen LogP contribution in [0.25, 0.3) is 22.9 Å². The molecule has 1 atom stereocenters. The molecular weight excluding hydrogens is 406 g/mol. The van der Waals surface area contributed by atoms with E-state index in [0.29, 0.717) is 24.7 Å². The van der Waals surface area contributed by atoms with Crippen molar-refractivity contribution in [1.29, 1.82) is 0 Å². The first-order valence-corrected chi connectivity index (χ1v) is 10.5. The van der Waals surface area contributed by atoms with Gasteiger partial charge in [0, 0.05) is 30.1 Å². The van der Waals surface area contributed by atoms with Gasteiger partial charge in [0.15, 0.2) is 11.6 Å². The lowest BCUT2D eigenvalue weighted by Crippen LogP contribution is -2.32. The summed E-state index contributed by atoms with van der Waals surface area (Å²) >= 11 is 1.62. The second kappa shape index (κ2) is 8.00. The number of anilines is 1. The molecule has 3 aliphatic heterocycles. The number of halogens is 1. The topological polar surface area (TPSA) is 64.7 Å². The lowest BCUT2D eigenvalue weighted by molar-refractivity contribution is 0.560. The SMILES string of the molecule is CCCn1c2nc(-c3ccsc3)nc-2c2n(c1=O)C[C@@H](Cc1ccccc1)N2.Cl. The Labute approximate surface area is 179 Å². The first-order valence-electron chi connectivity index (χ1n) is 9.58. The third-order valence-corrected chi connectivity index (χ3v) is 5.83. The van der Waals surface area contributed by atoms with Crippen molar-refractivity contribution in [3.63, 3.8) is 0 Å². The summed E-state index contributed by atoms with van der Waals surface area (Å²) in [6.07, 6.45) is 1.73. The summed E-state index contributed by atoms with van der Waals surface area (Å²) in [4.78, 5) is 22.7. The molecule has 8 heteroatoms. The Morgan fingerprint density at radius 3 is 2.76 bits per heavy atom. The molecule has 6 nitrogen and oxygen atoms in total. The predicted molar refractivity (Wildman–Crippen MR) is 119 cm³/mol. The van der Waals surface area contributed by atoms with Crippen molar-refractivity contribution >= 4 is 29.6 Å². The molecule has 0 unspecified atom stereocenters. The van der Waals surface area contributed by atoms with Gasteiger partial charge in [-0.1, -0.05) is 37.3 Å². The van der Waals surface area contributed by atoms with Gasteiger partial charge in [0.25, 0.3) is 0 Å². The zero-order chi connectivity index (χ0) is 19.1. The van der Waals surface area contributed by atoms with E-state index in [1.807, 2.05) is 39.6 Å². The number of aromatic nitrogens is 4. The minimum atomic E-state index is -0.0100. The molecular formula is C21H22ClN5OS. The Hall–Kier alpha value is -2.64. The van der Waals surface area contributed by atoms with Crippen LogP contribution >= 0.6 is 23.7 Å². The first-order chi connectivity index (χ1) is 13.7. The number of thiophene rings is 1. The molecule has 0 bridgehead atoms. The van der Waals surface area contributed by atoms with Crippen LogP contribution in [0.5, 0.6) is 0 Å². The number of rotatable bonds is 5. The van der Waals surface area contributed by atoms with Crippen LogP contribution in [0.3, 0.4) is 0 Å². The monoisotopic (exact) mass is 427 g/mol. The highest BCUT2D eigenvalue weighted by Gasteiger charge is 2.31. The fourth-order valence-corrected chi connectivity index (χ4v) is 4.51. The Morgan fingerprint density at radius 2 is 2.03 bits per heavy atom. The van der Waals surface area contributed by atoms with E-state index in [1.165, 1.54) is 5.56 Å². The van der Waals surface area contributed by atoms with Gasteiger partial charge in [0.2, 0.25) is 0 Å². The maximum absolute atomic E-state index is 13.2. The summed E-state index contributed by atoms with van der Waals surface area (Å²) in [5.41, 5.74) is 3.02. The van der Waals surface area contributed by atoms with Gasteiger partial charge < -0.3 is 5.32 Å². The van der Waals surface area contributed by atoms with Crippen LogP contribution in [0.1, 0.15) is 18.9 Å². The van der Waals surface area contributed by atoms with Crippen LogP contribution < -0.4 is 11.0 Å². The van der Waals surface area contributed by atoms with Gasteiger partial charge in [-0.2, -0.15) is 11.3 Å². The molecule has 0 amide bonds.